The van der Waals surface area contributed by atoms with Gasteiger partial charge in [0.25, 0.3) is 0 Å². The Morgan fingerprint density at radius 2 is 2.27 bits per heavy atom. The highest BCUT2D eigenvalue weighted by Crippen LogP contribution is 2.21. The molecule has 11 heavy (non-hydrogen) atoms. The average Bonchev–Trinajstić information content (AvgIpc) is 2.07. The van der Waals surface area contributed by atoms with Crippen molar-refractivity contribution in [2.24, 2.45) is 0 Å². The lowest BCUT2D eigenvalue weighted by atomic mass is 10.1. The molecule has 1 aliphatic heterocycles. The van der Waals surface area contributed by atoms with Crippen LogP contribution in [-0.4, -0.2) is 12.4 Å². The minimum atomic E-state index is -1.03. The molecule has 1 aromatic rings. The van der Waals surface area contributed by atoms with Crippen molar-refractivity contribution < 1.29 is 10.9 Å². The molecule has 1 atom stereocenters. The first-order chi connectivity index (χ1) is 5.77. The summed E-state index contributed by atoms with van der Waals surface area (Å²) in [7, 11) is 0. The Hall–Kier alpha value is -1.31. The van der Waals surface area contributed by atoms with Gasteiger partial charge in [-0.2, -0.15) is 0 Å². The summed E-state index contributed by atoms with van der Waals surface area (Å²) >= 11 is 0. The van der Waals surface area contributed by atoms with Crippen LogP contribution in [0.3, 0.4) is 0 Å². The summed E-state index contributed by atoms with van der Waals surface area (Å²) in [6.07, 6.45) is 0.324. The summed E-state index contributed by atoms with van der Waals surface area (Å²) in [5.41, 5.74) is 0.881. The number of hydrogen-bond acceptors (Lipinski definition) is 2. The van der Waals surface area contributed by atoms with Crippen LogP contribution >= 0.6 is 0 Å². The van der Waals surface area contributed by atoms with Gasteiger partial charge < -0.3 is 4.74 Å². The van der Waals surface area contributed by atoms with Gasteiger partial charge in [0.05, 0.1) is 1.37 Å². The lowest BCUT2D eigenvalue weighted by Crippen LogP contribution is -2.19. The zero-order valence-corrected chi connectivity index (χ0v) is 5.91. The van der Waals surface area contributed by atoms with Crippen LogP contribution in [0.4, 0.5) is 0 Å². The molecule has 0 spiro atoms. The van der Waals surface area contributed by atoms with Crippen LogP contribution in [-0.2, 0) is 11.2 Å². The van der Waals surface area contributed by atoms with Crippen molar-refractivity contribution in [1.29, 1.82) is 0 Å². The third-order valence-electron chi connectivity index (χ3n) is 1.65. The molecular formula is C9H8O2. The summed E-state index contributed by atoms with van der Waals surface area (Å²) in [5.74, 6) is 0.491. The molecule has 0 aliphatic carbocycles. The molecular weight excluding hydrogens is 140 g/mol. The van der Waals surface area contributed by atoms with E-state index in [2.05, 4.69) is 0 Å². The lowest BCUT2D eigenvalue weighted by molar-refractivity contribution is -0.121. The molecule has 1 unspecified atom stereocenters. The van der Waals surface area contributed by atoms with Gasteiger partial charge in [0.2, 0.25) is 0 Å². The molecule has 0 N–H and O–H groups in total. The predicted octanol–water partition coefficient (Wildman–Crippen LogP) is 1.19. The van der Waals surface area contributed by atoms with Gasteiger partial charge in [-0.15, -0.1) is 0 Å². The highest BCUT2D eigenvalue weighted by Gasteiger charge is 2.14. The number of rotatable bonds is 0. The fourth-order valence-corrected chi connectivity index (χ4v) is 1.12. The first-order valence-corrected chi connectivity index (χ1v) is 3.47. The van der Waals surface area contributed by atoms with Crippen LogP contribution in [0.2, 0.25) is 0 Å². The second kappa shape index (κ2) is 2.38. The van der Waals surface area contributed by atoms with Crippen molar-refractivity contribution in [3.8, 4) is 5.75 Å². The molecule has 2 heteroatoms. The van der Waals surface area contributed by atoms with E-state index in [-0.39, 0.29) is 5.78 Å². The van der Waals surface area contributed by atoms with Crippen molar-refractivity contribution in [2.45, 2.75) is 6.42 Å². The topological polar surface area (TPSA) is 26.3 Å². The van der Waals surface area contributed by atoms with E-state index in [0.29, 0.717) is 12.2 Å². The first kappa shape index (κ1) is 5.35. The maximum absolute atomic E-state index is 11.0. The maximum Gasteiger partial charge on any atom is 0.174 e. The lowest BCUT2D eigenvalue weighted by Gasteiger charge is -2.14. The highest BCUT2D eigenvalue weighted by atomic mass is 16.5. The van der Waals surface area contributed by atoms with E-state index in [4.69, 9.17) is 6.11 Å². The quantitative estimate of drug-likeness (QED) is 0.554. The Kier molecular flexibility index (Phi) is 1.16. The summed E-state index contributed by atoms with van der Waals surface area (Å²) in [6, 6.07) is 7.32. The van der Waals surface area contributed by atoms with E-state index in [0.717, 1.165) is 5.56 Å². The van der Waals surface area contributed by atoms with Crippen molar-refractivity contribution in [3.63, 3.8) is 0 Å². The Morgan fingerprint density at radius 1 is 1.45 bits per heavy atom. The van der Waals surface area contributed by atoms with Crippen LogP contribution < -0.4 is 4.74 Å². The van der Waals surface area contributed by atoms with E-state index in [9.17, 15) is 4.79 Å². The van der Waals surface area contributed by atoms with Crippen molar-refractivity contribution in [1.82, 2.24) is 0 Å². The zero-order chi connectivity index (χ0) is 8.55. The average molecular weight is 149 g/mol. The largest absolute Gasteiger partial charge is 0.486 e. The molecule has 0 bridgehead atoms. The fourth-order valence-electron chi connectivity index (χ4n) is 1.12. The summed E-state index contributed by atoms with van der Waals surface area (Å²) in [6.45, 7) is -1.03. The number of fused-ring (bicyclic) bond motifs is 1. The van der Waals surface area contributed by atoms with Crippen molar-refractivity contribution in [2.75, 3.05) is 6.58 Å². The number of ether oxygens (including phenoxy) is 1. The van der Waals surface area contributed by atoms with Crippen LogP contribution in [0, 0.1) is 0 Å². The van der Waals surface area contributed by atoms with Gasteiger partial charge in [0.1, 0.15) is 12.3 Å². The zero-order valence-electron chi connectivity index (χ0n) is 6.91. The highest BCUT2D eigenvalue weighted by molar-refractivity contribution is 5.84. The van der Waals surface area contributed by atoms with Gasteiger partial charge in [-0.05, 0) is 6.07 Å². The molecule has 0 radical (unpaired) electrons. The van der Waals surface area contributed by atoms with Gasteiger partial charge in [-0.25, -0.2) is 0 Å². The van der Waals surface area contributed by atoms with Gasteiger partial charge >= 0.3 is 0 Å². The number of Topliss-reactive ketones (excluding diaryl/α,β-unsaturated/α-hetero) is 1. The van der Waals surface area contributed by atoms with Gasteiger partial charge in [-0.3, -0.25) is 4.79 Å². The molecule has 2 rings (SSSR count). The monoisotopic (exact) mass is 149 g/mol. The van der Waals surface area contributed by atoms with Crippen LogP contribution in [0.5, 0.6) is 5.75 Å². The fraction of sp³-hybridized carbons (Fsp3) is 0.222. The molecule has 0 fully saturated rings. The molecule has 0 aromatic heterocycles. The molecule has 56 valence electrons. The third kappa shape index (κ3) is 1.11. The second-order valence-corrected chi connectivity index (χ2v) is 2.49. The van der Waals surface area contributed by atoms with Crippen molar-refractivity contribution in [3.05, 3.63) is 29.8 Å². The predicted molar refractivity (Wildman–Crippen MR) is 40.6 cm³/mol. The SMILES string of the molecule is [2H]C1Oc2ccccc2CC1=O. The number of hydrogen-bond donors (Lipinski definition) is 0. The van der Waals surface area contributed by atoms with E-state index >= 15 is 0 Å². The number of ketones is 1. The molecule has 0 amide bonds. The van der Waals surface area contributed by atoms with Crippen LogP contribution in [0.1, 0.15) is 6.93 Å². The number of benzene rings is 1. The van der Waals surface area contributed by atoms with Crippen LogP contribution in [0.25, 0.3) is 0 Å². The Labute approximate surface area is 66.2 Å². The van der Waals surface area contributed by atoms with Crippen LogP contribution in [0.15, 0.2) is 24.3 Å². The summed E-state index contributed by atoms with van der Waals surface area (Å²) < 4.78 is 12.3. The van der Waals surface area contributed by atoms with E-state index < -0.39 is 6.58 Å². The third-order valence-corrected chi connectivity index (χ3v) is 1.65. The normalized spacial score (nSPS) is 23.5. The smallest absolute Gasteiger partial charge is 0.174 e. The molecule has 1 aliphatic rings. The molecule has 1 aromatic carbocycles. The maximum atomic E-state index is 11.0. The van der Waals surface area contributed by atoms with Gasteiger partial charge in [0.15, 0.2) is 5.78 Å². The summed E-state index contributed by atoms with van der Waals surface area (Å²) in [5, 5.41) is 0. The Balaban J connectivity index is 2.40. The molecule has 1 heterocycles. The van der Waals surface area contributed by atoms with E-state index in [1.807, 2.05) is 18.2 Å². The van der Waals surface area contributed by atoms with Gasteiger partial charge in [0, 0.05) is 12.0 Å². The number of para-hydroxylation sites is 1. The molecule has 0 saturated heterocycles. The standard InChI is InChI=1S/C9H8O2/c10-8-5-7-3-1-2-4-9(7)11-6-8/h1-4H,5-6H2/i6D. The number of carbonyl (C=O) groups excluding carboxylic acids is 1. The Morgan fingerprint density at radius 3 is 3.18 bits per heavy atom. The minimum absolute atomic E-state index is 0.172. The van der Waals surface area contributed by atoms with Crippen molar-refractivity contribution >= 4 is 5.78 Å². The summed E-state index contributed by atoms with van der Waals surface area (Å²) in [4.78, 5) is 11.0. The van der Waals surface area contributed by atoms with E-state index in [1.54, 1.807) is 6.07 Å². The second-order valence-electron chi connectivity index (χ2n) is 2.49. The molecule has 2 nitrogen and oxygen atoms in total. The first-order valence-electron chi connectivity index (χ1n) is 4.04. The number of carbonyl (C=O) groups is 1. The van der Waals surface area contributed by atoms with Gasteiger partial charge in [-0.1, -0.05) is 18.2 Å². The van der Waals surface area contributed by atoms with E-state index in [1.165, 1.54) is 0 Å². The minimum Gasteiger partial charge on any atom is -0.486 e. The Bertz CT molecular complexity index is 322. The molecule has 0 saturated carbocycles.